The standard InChI is InChI=1S/C14H19BrN2O2S/c1-9-5-11(9)14(19)16-4-3-13(18)17(2)7-10-6-12(15)20-8-10/h6,8-9,11H,3-5,7H2,1-2H3,(H,16,19)/t9-,11-/m1/s1. The van der Waals surface area contributed by atoms with Gasteiger partial charge in [0.15, 0.2) is 0 Å². The summed E-state index contributed by atoms with van der Waals surface area (Å²) < 4.78 is 1.07. The lowest BCUT2D eigenvalue weighted by Gasteiger charge is -2.16. The van der Waals surface area contributed by atoms with Crippen molar-refractivity contribution in [3.63, 3.8) is 0 Å². The van der Waals surface area contributed by atoms with Crippen molar-refractivity contribution in [1.29, 1.82) is 0 Å². The Bertz CT molecular complexity index is 503. The number of thiophene rings is 1. The highest BCUT2D eigenvalue weighted by Crippen LogP contribution is 2.37. The summed E-state index contributed by atoms with van der Waals surface area (Å²) in [5.41, 5.74) is 1.12. The van der Waals surface area contributed by atoms with E-state index in [0.29, 0.717) is 25.4 Å². The van der Waals surface area contributed by atoms with E-state index < -0.39 is 0 Å². The van der Waals surface area contributed by atoms with Gasteiger partial charge in [0, 0.05) is 32.5 Å². The lowest BCUT2D eigenvalue weighted by Crippen LogP contribution is -2.32. The molecule has 6 heteroatoms. The van der Waals surface area contributed by atoms with Crippen LogP contribution in [0.2, 0.25) is 0 Å². The molecule has 1 saturated carbocycles. The number of carbonyl (C=O) groups is 2. The molecule has 2 atom stereocenters. The summed E-state index contributed by atoms with van der Waals surface area (Å²) in [7, 11) is 1.79. The molecule has 4 nitrogen and oxygen atoms in total. The van der Waals surface area contributed by atoms with Gasteiger partial charge in [0.2, 0.25) is 11.8 Å². The third-order valence-corrected chi connectivity index (χ3v) is 5.10. The van der Waals surface area contributed by atoms with Crippen LogP contribution in [-0.2, 0) is 16.1 Å². The van der Waals surface area contributed by atoms with E-state index >= 15 is 0 Å². The van der Waals surface area contributed by atoms with E-state index in [4.69, 9.17) is 0 Å². The molecule has 2 amide bonds. The van der Waals surface area contributed by atoms with Crippen LogP contribution in [0.4, 0.5) is 0 Å². The second kappa shape index (κ2) is 6.72. The number of nitrogens with zero attached hydrogens (tertiary/aromatic N) is 1. The molecular formula is C14H19BrN2O2S. The van der Waals surface area contributed by atoms with Crippen LogP contribution in [0.25, 0.3) is 0 Å². The molecule has 1 aliphatic carbocycles. The van der Waals surface area contributed by atoms with Gasteiger partial charge in [-0.2, -0.15) is 0 Å². The molecule has 1 aromatic rings. The van der Waals surface area contributed by atoms with E-state index in [1.54, 1.807) is 23.3 Å². The Labute approximate surface area is 131 Å². The topological polar surface area (TPSA) is 49.4 Å². The second-order valence-corrected chi connectivity index (χ2v) is 7.66. The fourth-order valence-electron chi connectivity index (χ4n) is 2.09. The number of amides is 2. The van der Waals surface area contributed by atoms with Crippen molar-refractivity contribution in [2.24, 2.45) is 11.8 Å². The number of rotatable bonds is 6. The largest absolute Gasteiger partial charge is 0.355 e. The predicted octanol–water partition coefficient (Wildman–Crippen LogP) is 2.63. The van der Waals surface area contributed by atoms with Gasteiger partial charge >= 0.3 is 0 Å². The monoisotopic (exact) mass is 358 g/mol. The number of nitrogens with one attached hydrogen (secondary N) is 1. The van der Waals surface area contributed by atoms with Crippen molar-refractivity contribution in [3.05, 3.63) is 20.8 Å². The zero-order chi connectivity index (χ0) is 14.7. The van der Waals surface area contributed by atoms with Crippen molar-refractivity contribution in [1.82, 2.24) is 10.2 Å². The van der Waals surface area contributed by atoms with Gasteiger partial charge < -0.3 is 10.2 Å². The predicted molar refractivity (Wildman–Crippen MR) is 83.4 cm³/mol. The van der Waals surface area contributed by atoms with Crippen LogP contribution in [0.15, 0.2) is 15.2 Å². The van der Waals surface area contributed by atoms with Gasteiger partial charge in [0.1, 0.15) is 0 Å². The molecule has 1 aromatic heterocycles. The number of hydrogen-bond donors (Lipinski definition) is 1. The third kappa shape index (κ3) is 4.31. The van der Waals surface area contributed by atoms with Crippen LogP contribution in [-0.4, -0.2) is 30.3 Å². The summed E-state index contributed by atoms with van der Waals surface area (Å²) in [6, 6.07) is 2.02. The summed E-state index contributed by atoms with van der Waals surface area (Å²) in [6.07, 6.45) is 1.33. The van der Waals surface area contributed by atoms with E-state index in [2.05, 4.69) is 28.2 Å². The minimum Gasteiger partial charge on any atom is -0.355 e. The SMILES string of the molecule is C[C@@H]1C[C@H]1C(=O)NCCC(=O)N(C)Cc1csc(Br)c1. The molecule has 1 aliphatic rings. The molecule has 20 heavy (non-hydrogen) atoms. The van der Waals surface area contributed by atoms with E-state index in [9.17, 15) is 9.59 Å². The lowest BCUT2D eigenvalue weighted by atomic mass is 10.3. The molecular weight excluding hydrogens is 340 g/mol. The van der Waals surface area contributed by atoms with Crippen LogP contribution in [0.3, 0.4) is 0 Å². The molecule has 2 rings (SSSR count). The zero-order valence-electron chi connectivity index (χ0n) is 11.7. The minimum absolute atomic E-state index is 0.0523. The normalized spacial score (nSPS) is 20.6. The van der Waals surface area contributed by atoms with Gasteiger partial charge in [-0.15, -0.1) is 11.3 Å². The summed E-state index contributed by atoms with van der Waals surface area (Å²) in [5.74, 6) is 0.822. The highest BCUT2D eigenvalue weighted by Gasteiger charge is 2.38. The highest BCUT2D eigenvalue weighted by atomic mass is 79.9. The Morgan fingerprint density at radius 2 is 2.25 bits per heavy atom. The molecule has 0 aromatic carbocycles. The summed E-state index contributed by atoms with van der Waals surface area (Å²) in [5, 5.41) is 4.87. The van der Waals surface area contributed by atoms with Gasteiger partial charge in [-0.25, -0.2) is 0 Å². The molecule has 0 aliphatic heterocycles. The minimum atomic E-state index is 0.0523. The molecule has 1 N–H and O–H groups in total. The Balaban J connectivity index is 1.67. The Morgan fingerprint density at radius 3 is 2.80 bits per heavy atom. The second-order valence-electron chi connectivity index (χ2n) is 5.37. The first-order valence-corrected chi connectivity index (χ1v) is 8.39. The molecule has 1 fully saturated rings. The van der Waals surface area contributed by atoms with E-state index in [-0.39, 0.29) is 17.7 Å². The van der Waals surface area contributed by atoms with Crippen LogP contribution in [0, 0.1) is 11.8 Å². The summed E-state index contributed by atoms with van der Waals surface area (Å²) in [4.78, 5) is 25.3. The number of halogens is 1. The van der Waals surface area contributed by atoms with Crippen LogP contribution >= 0.6 is 27.3 Å². The van der Waals surface area contributed by atoms with Crippen LogP contribution in [0.5, 0.6) is 0 Å². The smallest absolute Gasteiger partial charge is 0.224 e. The maximum atomic E-state index is 12.0. The number of hydrogen-bond acceptors (Lipinski definition) is 3. The van der Waals surface area contributed by atoms with Gasteiger partial charge in [0.05, 0.1) is 3.79 Å². The van der Waals surface area contributed by atoms with E-state index in [1.165, 1.54) is 0 Å². The van der Waals surface area contributed by atoms with Gasteiger partial charge in [-0.3, -0.25) is 9.59 Å². The van der Waals surface area contributed by atoms with E-state index in [0.717, 1.165) is 15.8 Å². The fraction of sp³-hybridized carbons (Fsp3) is 0.571. The maximum absolute atomic E-state index is 12.0. The first kappa shape index (κ1) is 15.5. The van der Waals surface area contributed by atoms with Crippen molar-refractivity contribution < 1.29 is 9.59 Å². The molecule has 110 valence electrons. The van der Waals surface area contributed by atoms with Crippen LogP contribution < -0.4 is 5.32 Å². The molecule has 1 heterocycles. The first-order chi connectivity index (χ1) is 9.47. The Morgan fingerprint density at radius 1 is 1.55 bits per heavy atom. The Hall–Kier alpha value is -0.880. The van der Waals surface area contributed by atoms with Crippen LogP contribution in [0.1, 0.15) is 25.3 Å². The van der Waals surface area contributed by atoms with Gasteiger partial charge in [-0.05, 0) is 45.3 Å². The van der Waals surface area contributed by atoms with Crippen molar-refractivity contribution in [3.8, 4) is 0 Å². The maximum Gasteiger partial charge on any atom is 0.224 e. The average molecular weight is 359 g/mol. The zero-order valence-corrected chi connectivity index (χ0v) is 14.1. The first-order valence-electron chi connectivity index (χ1n) is 6.72. The van der Waals surface area contributed by atoms with Gasteiger partial charge in [-0.1, -0.05) is 6.92 Å². The van der Waals surface area contributed by atoms with Gasteiger partial charge in [0.25, 0.3) is 0 Å². The van der Waals surface area contributed by atoms with Crippen molar-refractivity contribution in [2.45, 2.75) is 26.3 Å². The molecule has 0 bridgehead atoms. The summed E-state index contributed by atoms with van der Waals surface area (Å²) >= 11 is 5.02. The molecule has 0 unspecified atom stereocenters. The van der Waals surface area contributed by atoms with Crippen molar-refractivity contribution in [2.75, 3.05) is 13.6 Å². The average Bonchev–Trinajstić information content (AvgIpc) is 2.99. The number of carbonyl (C=O) groups excluding carboxylic acids is 2. The quantitative estimate of drug-likeness (QED) is 0.849. The fourth-order valence-corrected chi connectivity index (χ4v) is 3.29. The highest BCUT2D eigenvalue weighted by molar-refractivity contribution is 9.11. The molecule has 0 saturated heterocycles. The molecule has 0 spiro atoms. The summed E-state index contributed by atoms with van der Waals surface area (Å²) in [6.45, 7) is 3.11. The lowest BCUT2D eigenvalue weighted by molar-refractivity contribution is -0.130. The molecule has 0 radical (unpaired) electrons. The van der Waals surface area contributed by atoms with E-state index in [1.807, 2.05) is 11.4 Å². The van der Waals surface area contributed by atoms with Crippen molar-refractivity contribution >= 4 is 39.1 Å². The Kier molecular flexibility index (Phi) is 5.21. The third-order valence-electron chi connectivity index (χ3n) is 3.55.